The van der Waals surface area contributed by atoms with Crippen LogP contribution in [-0.4, -0.2) is 16.2 Å². The van der Waals surface area contributed by atoms with E-state index in [0.29, 0.717) is 18.1 Å². The molecule has 0 amide bonds. The van der Waals surface area contributed by atoms with Gasteiger partial charge in [-0.1, -0.05) is 0 Å². The average Bonchev–Trinajstić information content (AvgIpc) is 3.02. The normalized spacial score (nSPS) is 17.4. The lowest BCUT2D eigenvalue weighted by Gasteiger charge is -2.10. The molecule has 0 aliphatic heterocycles. The molecule has 5 heteroatoms. The molecule has 1 aromatic rings. The molecule has 0 N–H and O–H groups in total. The Balaban J connectivity index is 1.90. The fraction of sp³-hybridized carbons (Fsp3) is 0.556. The number of nitrogens with zero attached hydrogens (tertiary/aromatic N) is 3. The maximum atomic E-state index is 10.5. The molecule has 74 valence electrons. The van der Waals surface area contributed by atoms with Gasteiger partial charge in [0.05, 0.1) is 12.4 Å². The number of hydrogen-bond donors (Lipinski definition) is 0. The molecule has 2 rings (SSSR count). The van der Waals surface area contributed by atoms with Crippen LogP contribution in [-0.2, 0) is 0 Å². The first kappa shape index (κ1) is 9.05. The van der Waals surface area contributed by atoms with Crippen molar-refractivity contribution in [2.24, 2.45) is 11.1 Å². The van der Waals surface area contributed by atoms with Gasteiger partial charge in [-0.25, -0.2) is 9.97 Å². The van der Waals surface area contributed by atoms with Crippen LogP contribution >= 0.6 is 0 Å². The van der Waals surface area contributed by atoms with Crippen molar-refractivity contribution < 1.29 is 4.74 Å². The minimum Gasteiger partial charge on any atom is -0.462 e. The molecule has 1 aliphatic carbocycles. The van der Waals surface area contributed by atoms with Crippen LogP contribution in [0.2, 0.25) is 0 Å². The second-order valence-corrected chi connectivity index (χ2v) is 3.43. The predicted molar refractivity (Wildman–Crippen MR) is 49.6 cm³/mol. The van der Waals surface area contributed by atoms with E-state index in [2.05, 4.69) is 15.1 Å². The van der Waals surface area contributed by atoms with Crippen molar-refractivity contribution in [1.29, 1.82) is 0 Å². The van der Waals surface area contributed by atoms with E-state index >= 15 is 0 Å². The number of ether oxygens (including phenoxy) is 1. The minimum absolute atomic E-state index is 0.498. The zero-order chi connectivity index (χ0) is 9.80. The van der Waals surface area contributed by atoms with E-state index in [4.69, 9.17) is 4.74 Å². The zero-order valence-corrected chi connectivity index (χ0v) is 7.67. The highest BCUT2D eigenvalue weighted by molar-refractivity contribution is 5.10. The molecule has 1 aromatic heterocycles. The van der Waals surface area contributed by atoms with Crippen LogP contribution in [0.5, 0.6) is 5.75 Å². The molecular formula is C9H11N3O2. The van der Waals surface area contributed by atoms with Crippen molar-refractivity contribution in [3.05, 3.63) is 23.6 Å². The van der Waals surface area contributed by atoms with E-state index in [0.717, 1.165) is 0 Å². The van der Waals surface area contributed by atoms with Crippen LogP contribution in [0, 0.1) is 10.8 Å². The van der Waals surface area contributed by atoms with Crippen molar-refractivity contribution in [2.45, 2.75) is 25.5 Å². The van der Waals surface area contributed by atoms with Crippen molar-refractivity contribution in [3.63, 3.8) is 0 Å². The van der Waals surface area contributed by atoms with Crippen molar-refractivity contribution in [3.8, 4) is 5.75 Å². The molecule has 0 aromatic carbocycles. The van der Waals surface area contributed by atoms with Gasteiger partial charge in [-0.05, 0) is 23.9 Å². The highest BCUT2D eigenvalue weighted by Gasteiger charge is 2.27. The van der Waals surface area contributed by atoms with Crippen LogP contribution in [0.4, 0.5) is 0 Å². The Labute approximate surface area is 81.5 Å². The third kappa shape index (κ3) is 2.48. The summed E-state index contributed by atoms with van der Waals surface area (Å²) in [7, 11) is 0. The van der Waals surface area contributed by atoms with Crippen molar-refractivity contribution in [2.75, 3.05) is 0 Å². The molecule has 0 radical (unpaired) electrons. The summed E-state index contributed by atoms with van der Waals surface area (Å²) in [6, 6.07) is 0. The fourth-order valence-corrected chi connectivity index (χ4v) is 1.25. The summed E-state index contributed by atoms with van der Waals surface area (Å²) in [5.41, 5.74) is 0. The molecule has 1 unspecified atom stereocenters. The maximum Gasteiger partial charge on any atom is 0.229 e. The van der Waals surface area contributed by atoms with Crippen molar-refractivity contribution in [1.82, 2.24) is 9.97 Å². The van der Waals surface area contributed by atoms with Gasteiger partial charge in [0, 0.05) is 6.42 Å². The second-order valence-electron chi connectivity index (χ2n) is 3.43. The number of rotatable bonds is 5. The monoisotopic (exact) mass is 193 g/mol. The summed E-state index contributed by atoms with van der Waals surface area (Å²) >= 11 is 0. The summed E-state index contributed by atoms with van der Waals surface area (Å²) in [5.74, 6) is 1.11. The first-order valence-electron chi connectivity index (χ1n) is 4.62. The highest BCUT2D eigenvalue weighted by atomic mass is 16.5. The van der Waals surface area contributed by atoms with Crippen LogP contribution in [0.15, 0.2) is 23.9 Å². The molecule has 14 heavy (non-hydrogen) atoms. The summed E-state index contributed by atoms with van der Waals surface area (Å²) in [5, 5.41) is 2.94. The van der Waals surface area contributed by atoms with E-state index in [1.807, 2.05) is 0 Å². The standard InChI is InChI=1S/C9H11N3O2/c13-12-9(3-7-1-2-7)14-8-4-10-6-11-5-8/h4-7,9H,1-3H2. The van der Waals surface area contributed by atoms with Crippen LogP contribution in [0.1, 0.15) is 19.3 Å². The van der Waals surface area contributed by atoms with E-state index in [1.54, 1.807) is 0 Å². The van der Waals surface area contributed by atoms with Crippen LogP contribution < -0.4 is 4.74 Å². The smallest absolute Gasteiger partial charge is 0.229 e. The third-order valence-corrected chi connectivity index (χ3v) is 2.16. The SMILES string of the molecule is O=NC(CC1CC1)Oc1cncnc1. The largest absolute Gasteiger partial charge is 0.462 e. The number of aromatic nitrogens is 2. The Morgan fingerprint density at radius 1 is 1.50 bits per heavy atom. The minimum atomic E-state index is -0.589. The molecule has 0 spiro atoms. The van der Waals surface area contributed by atoms with E-state index in [1.165, 1.54) is 31.6 Å². The Morgan fingerprint density at radius 3 is 2.79 bits per heavy atom. The summed E-state index contributed by atoms with van der Waals surface area (Å²) in [6.07, 6.45) is 6.95. The Hall–Kier alpha value is -1.52. The number of hydrogen-bond acceptors (Lipinski definition) is 5. The zero-order valence-electron chi connectivity index (χ0n) is 7.67. The third-order valence-electron chi connectivity index (χ3n) is 2.16. The predicted octanol–water partition coefficient (Wildman–Crippen LogP) is 1.75. The highest BCUT2D eigenvalue weighted by Crippen LogP contribution is 2.34. The Bertz CT molecular complexity index is 300. The van der Waals surface area contributed by atoms with Crippen LogP contribution in [0.25, 0.3) is 0 Å². The first-order chi connectivity index (χ1) is 6.88. The molecule has 1 saturated carbocycles. The van der Waals surface area contributed by atoms with E-state index in [9.17, 15) is 4.91 Å². The van der Waals surface area contributed by atoms with Gasteiger partial charge in [0.25, 0.3) is 0 Å². The number of nitroso groups, excluding NO2 is 1. The molecule has 0 bridgehead atoms. The lowest BCUT2D eigenvalue weighted by molar-refractivity contribution is 0.190. The molecule has 0 saturated heterocycles. The average molecular weight is 193 g/mol. The van der Waals surface area contributed by atoms with Gasteiger partial charge < -0.3 is 4.74 Å². The van der Waals surface area contributed by atoms with Crippen molar-refractivity contribution >= 4 is 0 Å². The Kier molecular flexibility index (Phi) is 2.67. The molecule has 1 heterocycles. The van der Waals surface area contributed by atoms with Crippen LogP contribution in [0.3, 0.4) is 0 Å². The maximum absolute atomic E-state index is 10.5. The summed E-state index contributed by atoms with van der Waals surface area (Å²) in [6.45, 7) is 0. The lowest BCUT2D eigenvalue weighted by atomic mass is 10.3. The Morgan fingerprint density at radius 2 is 2.21 bits per heavy atom. The van der Waals surface area contributed by atoms with Gasteiger partial charge in [0.15, 0.2) is 5.75 Å². The molecular weight excluding hydrogens is 182 g/mol. The molecule has 1 atom stereocenters. The topological polar surface area (TPSA) is 64.4 Å². The fourth-order valence-electron chi connectivity index (χ4n) is 1.25. The van der Waals surface area contributed by atoms with Gasteiger partial charge in [-0.15, -0.1) is 4.91 Å². The van der Waals surface area contributed by atoms with Gasteiger partial charge in [0.2, 0.25) is 6.23 Å². The lowest BCUT2D eigenvalue weighted by Crippen LogP contribution is -2.13. The summed E-state index contributed by atoms with van der Waals surface area (Å²) < 4.78 is 5.31. The van der Waals surface area contributed by atoms with Gasteiger partial charge >= 0.3 is 0 Å². The van der Waals surface area contributed by atoms with Gasteiger partial charge in [-0.2, -0.15) is 0 Å². The quantitative estimate of drug-likeness (QED) is 0.668. The van der Waals surface area contributed by atoms with E-state index < -0.39 is 6.23 Å². The second kappa shape index (κ2) is 4.13. The van der Waals surface area contributed by atoms with Gasteiger partial charge in [-0.3, -0.25) is 0 Å². The molecule has 1 fully saturated rings. The first-order valence-corrected chi connectivity index (χ1v) is 4.62. The summed E-state index contributed by atoms with van der Waals surface area (Å²) in [4.78, 5) is 18.0. The molecule has 1 aliphatic rings. The molecule has 5 nitrogen and oxygen atoms in total. The van der Waals surface area contributed by atoms with Gasteiger partial charge in [0.1, 0.15) is 6.33 Å². The van der Waals surface area contributed by atoms with E-state index in [-0.39, 0.29) is 0 Å².